The van der Waals surface area contributed by atoms with Gasteiger partial charge >= 0.3 is 0 Å². The van der Waals surface area contributed by atoms with E-state index in [1.54, 1.807) is 7.11 Å². The van der Waals surface area contributed by atoms with Gasteiger partial charge in [0.15, 0.2) is 0 Å². The van der Waals surface area contributed by atoms with E-state index in [0.717, 1.165) is 17.9 Å². The van der Waals surface area contributed by atoms with Crippen molar-refractivity contribution in [1.82, 2.24) is 5.32 Å². The van der Waals surface area contributed by atoms with Crippen LogP contribution in [0.15, 0.2) is 66.7 Å². The third kappa shape index (κ3) is 3.72. The quantitative estimate of drug-likeness (QED) is 0.795. The molecule has 0 radical (unpaired) electrons. The Kier molecular flexibility index (Phi) is 4.97. The fourth-order valence-corrected chi connectivity index (χ4v) is 2.21. The number of nitrogens with one attached hydrogen (secondary N) is 1. The Balaban J connectivity index is 2.12. The molecule has 104 valence electrons. The zero-order valence-corrected chi connectivity index (χ0v) is 12.1. The van der Waals surface area contributed by atoms with Crippen molar-refractivity contribution >= 4 is 0 Å². The lowest BCUT2D eigenvalue weighted by Crippen LogP contribution is -2.21. The molecule has 2 heteroatoms. The van der Waals surface area contributed by atoms with Crippen LogP contribution in [-0.4, -0.2) is 7.11 Å². The van der Waals surface area contributed by atoms with Gasteiger partial charge in [0, 0.05) is 6.54 Å². The van der Waals surface area contributed by atoms with Gasteiger partial charge in [-0.15, -0.1) is 0 Å². The molecule has 0 aromatic heterocycles. The minimum absolute atomic E-state index is 0.130. The molecule has 0 aliphatic rings. The molecule has 0 heterocycles. The lowest BCUT2D eigenvalue weighted by Gasteiger charge is -2.20. The molecule has 0 saturated heterocycles. The highest BCUT2D eigenvalue weighted by Crippen LogP contribution is 2.24. The summed E-state index contributed by atoms with van der Waals surface area (Å²) in [5.41, 5.74) is 3.53. The van der Waals surface area contributed by atoms with E-state index >= 15 is 0 Å². The van der Waals surface area contributed by atoms with Gasteiger partial charge in [-0.05, 0) is 30.2 Å². The van der Waals surface area contributed by atoms with Crippen LogP contribution in [0.25, 0.3) is 0 Å². The van der Waals surface area contributed by atoms with Crippen molar-refractivity contribution in [3.05, 3.63) is 77.9 Å². The molecular weight excluding hydrogens is 246 g/mol. The minimum atomic E-state index is 0.130. The van der Waals surface area contributed by atoms with Crippen LogP contribution in [0, 0.1) is 0 Å². The zero-order valence-electron chi connectivity index (χ0n) is 12.1. The Morgan fingerprint density at radius 1 is 1.15 bits per heavy atom. The number of benzene rings is 2. The molecule has 0 bridgehead atoms. The number of methoxy groups -OCH3 is 1. The summed E-state index contributed by atoms with van der Waals surface area (Å²) in [4.78, 5) is 0. The number of hydrogen-bond acceptors (Lipinski definition) is 2. The van der Waals surface area contributed by atoms with Gasteiger partial charge in [0.2, 0.25) is 0 Å². The maximum atomic E-state index is 5.29. The lowest BCUT2D eigenvalue weighted by molar-refractivity contribution is 0.413. The fraction of sp³-hybridized carbons (Fsp3) is 0.222. The van der Waals surface area contributed by atoms with E-state index in [4.69, 9.17) is 4.74 Å². The standard InChI is InChI=1S/C18H21NO/c1-14(2)18(16-10-7-11-17(12-16)20-3)19-13-15-8-5-4-6-9-15/h4-12,18-19H,1,13H2,2-3H3/t18-/m0/s1. The van der Waals surface area contributed by atoms with Crippen molar-refractivity contribution in [2.45, 2.75) is 19.5 Å². The van der Waals surface area contributed by atoms with Gasteiger partial charge in [0.25, 0.3) is 0 Å². The first-order valence-corrected chi connectivity index (χ1v) is 6.77. The van der Waals surface area contributed by atoms with E-state index in [0.29, 0.717) is 0 Å². The topological polar surface area (TPSA) is 21.3 Å². The molecule has 0 unspecified atom stereocenters. The van der Waals surface area contributed by atoms with E-state index in [-0.39, 0.29) is 6.04 Å². The second kappa shape index (κ2) is 6.92. The van der Waals surface area contributed by atoms with Crippen molar-refractivity contribution < 1.29 is 4.74 Å². The first kappa shape index (κ1) is 14.4. The Bertz CT molecular complexity index is 563. The summed E-state index contributed by atoms with van der Waals surface area (Å²) in [7, 11) is 1.69. The summed E-state index contributed by atoms with van der Waals surface area (Å²) in [6, 6.07) is 18.6. The Morgan fingerprint density at radius 2 is 1.90 bits per heavy atom. The first-order valence-electron chi connectivity index (χ1n) is 6.77. The molecule has 0 amide bonds. The molecule has 0 fully saturated rings. The van der Waals surface area contributed by atoms with Crippen LogP contribution in [-0.2, 0) is 6.54 Å². The normalized spacial score (nSPS) is 11.9. The third-order valence-corrected chi connectivity index (χ3v) is 3.27. The highest BCUT2D eigenvalue weighted by Gasteiger charge is 2.12. The highest BCUT2D eigenvalue weighted by molar-refractivity contribution is 5.34. The molecule has 2 rings (SSSR count). The van der Waals surface area contributed by atoms with Crippen molar-refractivity contribution in [2.24, 2.45) is 0 Å². The van der Waals surface area contributed by atoms with Gasteiger partial charge < -0.3 is 10.1 Å². The minimum Gasteiger partial charge on any atom is -0.497 e. The fourth-order valence-electron chi connectivity index (χ4n) is 2.21. The summed E-state index contributed by atoms with van der Waals surface area (Å²) in [6.45, 7) is 6.96. The van der Waals surface area contributed by atoms with Gasteiger partial charge in [0.05, 0.1) is 13.2 Å². The van der Waals surface area contributed by atoms with E-state index in [1.165, 1.54) is 11.1 Å². The summed E-state index contributed by atoms with van der Waals surface area (Å²) in [6.07, 6.45) is 0. The highest BCUT2D eigenvalue weighted by atomic mass is 16.5. The average molecular weight is 267 g/mol. The summed E-state index contributed by atoms with van der Waals surface area (Å²) < 4.78 is 5.29. The summed E-state index contributed by atoms with van der Waals surface area (Å²) in [5, 5.41) is 3.55. The molecule has 1 atom stereocenters. The van der Waals surface area contributed by atoms with Gasteiger partial charge in [-0.1, -0.05) is 54.6 Å². The molecule has 0 spiro atoms. The van der Waals surface area contributed by atoms with Gasteiger partial charge in [0.1, 0.15) is 5.75 Å². The smallest absolute Gasteiger partial charge is 0.119 e. The van der Waals surface area contributed by atoms with E-state index in [9.17, 15) is 0 Å². The number of hydrogen-bond donors (Lipinski definition) is 1. The molecule has 2 aromatic carbocycles. The Hall–Kier alpha value is -2.06. The number of rotatable bonds is 6. The second-order valence-corrected chi connectivity index (χ2v) is 4.92. The van der Waals surface area contributed by atoms with Crippen LogP contribution in [0.1, 0.15) is 24.1 Å². The van der Waals surface area contributed by atoms with Crippen LogP contribution in [0.4, 0.5) is 0 Å². The largest absolute Gasteiger partial charge is 0.497 e. The number of ether oxygens (including phenoxy) is 1. The van der Waals surface area contributed by atoms with Crippen LogP contribution in [0.3, 0.4) is 0 Å². The molecule has 20 heavy (non-hydrogen) atoms. The summed E-state index contributed by atoms with van der Waals surface area (Å²) >= 11 is 0. The van der Waals surface area contributed by atoms with Crippen LogP contribution in [0.2, 0.25) is 0 Å². The molecule has 2 nitrogen and oxygen atoms in total. The Morgan fingerprint density at radius 3 is 2.55 bits per heavy atom. The monoisotopic (exact) mass is 267 g/mol. The summed E-state index contributed by atoms with van der Waals surface area (Å²) in [5.74, 6) is 0.871. The van der Waals surface area contributed by atoms with Crippen molar-refractivity contribution in [3.63, 3.8) is 0 Å². The van der Waals surface area contributed by atoms with Gasteiger partial charge in [-0.2, -0.15) is 0 Å². The maximum absolute atomic E-state index is 5.29. The van der Waals surface area contributed by atoms with Crippen LogP contribution >= 0.6 is 0 Å². The molecule has 2 aromatic rings. The molecule has 1 N–H and O–H groups in total. The van der Waals surface area contributed by atoms with E-state index in [1.807, 2.05) is 25.1 Å². The predicted molar refractivity (Wildman–Crippen MR) is 83.8 cm³/mol. The van der Waals surface area contributed by atoms with Crippen LogP contribution < -0.4 is 10.1 Å². The third-order valence-electron chi connectivity index (χ3n) is 3.27. The van der Waals surface area contributed by atoms with E-state index < -0.39 is 0 Å². The molecular formula is C18H21NO. The SMILES string of the molecule is C=C(C)[C@H](NCc1ccccc1)c1cccc(OC)c1. The van der Waals surface area contributed by atoms with Crippen molar-refractivity contribution in [2.75, 3.05) is 7.11 Å². The lowest BCUT2D eigenvalue weighted by atomic mass is 10.0. The van der Waals surface area contributed by atoms with Crippen molar-refractivity contribution in [3.8, 4) is 5.75 Å². The van der Waals surface area contributed by atoms with Gasteiger partial charge in [-0.25, -0.2) is 0 Å². The molecule has 0 aliphatic heterocycles. The predicted octanol–water partition coefficient (Wildman–Crippen LogP) is 4.10. The van der Waals surface area contributed by atoms with Crippen LogP contribution in [0.5, 0.6) is 5.75 Å². The second-order valence-electron chi connectivity index (χ2n) is 4.92. The average Bonchev–Trinajstić information content (AvgIpc) is 2.48. The first-order chi connectivity index (χ1) is 9.70. The molecule has 0 saturated carbocycles. The van der Waals surface area contributed by atoms with E-state index in [2.05, 4.69) is 48.3 Å². The van der Waals surface area contributed by atoms with Gasteiger partial charge in [-0.3, -0.25) is 0 Å². The Labute approximate surface area is 121 Å². The maximum Gasteiger partial charge on any atom is 0.119 e. The van der Waals surface area contributed by atoms with Crippen molar-refractivity contribution in [1.29, 1.82) is 0 Å². The molecule has 0 aliphatic carbocycles. The zero-order chi connectivity index (χ0) is 14.4.